The van der Waals surface area contributed by atoms with Crippen molar-refractivity contribution in [1.82, 2.24) is 15.0 Å². The third-order valence-electron chi connectivity index (χ3n) is 2.72. The summed E-state index contributed by atoms with van der Waals surface area (Å²) in [7, 11) is 0. The van der Waals surface area contributed by atoms with Crippen molar-refractivity contribution in [3.8, 4) is 11.3 Å². The summed E-state index contributed by atoms with van der Waals surface area (Å²) in [6.07, 6.45) is -7.14. The van der Waals surface area contributed by atoms with Gasteiger partial charge in [0, 0.05) is 24.2 Å². The van der Waals surface area contributed by atoms with Crippen molar-refractivity contribution >= 4 is 12.9 Å². The van der Waals surface area contributed by atoms with Gasteiger partial charge in [-0.25, -0.2) is 9.97 Å². The lowest BCUT2D eigenvalue weighted by Crippen LogP contribution is -2.11. The van der Waals surface area contributed by atoms with E-state index in [9.17, 15) is 26.3 Å². The molecule has 0 N–H and O–H groups in total. The highest BCUT2D eigenvalue weighted by atomic mass is 32.1. The van der Waals surface area contributed by atoms with Gasteiger partial charge in [0.15, 0.2) is 0 Å². The van der Waals surface area contributed by atoms with Crippen LogP contribution in [0.4, 0.5) is 26.3 Å². The minimum Gasteiger partial charge on any atom is -0.314 e. The number of aromatic nitrogens is 3. The molecule has 0 aliphatic rings. The van der Waals surface area contributed by atoms with Gasteiger partial charge < -0.3 is 4.18 Å². The van der Waals surface area contributed by atoms with Gasteiger partial charge in [-0.2, -0.15) is 26.3 Å². The van der Waals surface area contributed by atoms with Crippen molar-refractivity contribution in [3.63, 3.8) is 0 Å². The number of rotatable bonds is 3. The maximum absolute atomic E-state index is 12.8. The Hall–Kier alpha value is -1.88. The van der Waals surface area contributed by atoms with Crippen LogP contribution in [0.15, 0.2) is 24.7 Å². The maximum Gasteiger partial charge on any atom is 0.451 e. The number of hydrogen-bond donors (Lipinski definition) is 1. The van der Waals surface area contributed by atoms with E-state index in [4.69, 9.17) is 0 Å². The second-order valence-electron chi connectivity index (χ2n) is 4.29. The van der Waals surface area contributed by atoms with Crippen molar-refractivity contribution in [2.75, 3.05) is 0 Å². The fraction of sp³-hybridized carbons (Fsp3) is 0.250. The number of halogens is 6. The van der Waals surface area contributed by atoms with Gasteiger partial charge in [0.1, 0.15) is 0 Å². The molecule has 0 unspecified atom stereocenters. The van der Waals surface area contributed by atoms with Crippen LogP contribution in [-0.2, 0) is 23.1 Å². The summed E-state index contributed by atoms with van der Waals surface area (Å²) in [4.78, 5) is 9.85. The molecule has 0 saturated heterocycles. The predicted molar refractivity (Wildman–Crippen MR) is 69.0 cm³/mol. The van der Waals surface area contributed by atoms with E-state index in [0.717, 1.165) is 18.5 Å². The first-order valence-electron chi connectivity index (χ1n) is 5.85. The zero-order valence-electron chi connectivity index (χ0n) is 11.0. The highest BCUT2D eigenvalue weighted by Crippen LogP contribution is 2.34. The summed E-state index contributed by atoms with van der Waals surface area (Å²) in [5.41, 5.74) is -1.28. The number of thiol groups is 1. The third kappa shape index (κ3) is 4.10. The van der Waals surface area contributed by atoms with Crippen molar-refractivity contribution in [3.05, 3.63) is 41.6 Å². The molecule has 0 radical (unpaired) electrons. The van der Waals surface area contributed by atoms with Crippen LogP contribution in [0.2, 0.25) is 0 Å². The van der Waals surface area contributed by atoms with E-state index in [-0.39, 0.29) is 16.8 Å². The Morgan fingerprint density at radius 3 is 2.00 bits per heavy atom. The molecule has 0 spiro atoms. The van der Waals surface area contributed by atoms with Crippen LogP contribution < -0.4 is 0 Å². The van der Waals surface area contributed by atoms with Gasteiger partial charge in [0.2, 0.25) is 5.82 Å². The van der Waals surface area contributed by atoms with Crippen LogP contribution in [0, 0.1) is 0 Å². The van der Waals surface area contributed by atoms with Crippen molar-refractivity contribution in [1.29, 1.82) is 0 Å². The smallest absolute Gasteiger partial charge is 0.314 e. The first kappa shape index (κ1) is 17.5. The van der Waals surface area contributed by atoms with Crippen molar-refractivity contribution < 1.29 is 30.5 Å². The van der Waals surface area contributed by atoms with E-state index in [2.05, 4.69) is 32.0 Å². The molecular formula is C12H7F6N3OS. The number of pyridine rings is 1. The highest BCUT2D eigenvalue weighted by molar-refractivity contribution is 7.75. The Morgan fingerprint density at radius 2 is 1.52 bits per heavy atom. The lowest BCUT2D eigenvalue weighted by Gasteiger charge is -2.13. The zero-order valence-corrected chi connectivity index (χ0v) is 11.9. The van der Waals surface area contributed by atoms with Gasteiger partial charge in [0.05, 0.1) is 17.9 Å². The minimum absolute atomic E-state index is 0.0212. The summed E-state index contributed by atoms with van der Waals surface area (Å²) in [5, 5.41) is 0. The van der Waals surface area contributed by atoms with E-state index in [1.165, 1.54) is 0 Å². The fourth-order valence-corrected chi connectivity index (χ4v) is 1.84. The molecule has 0 saturated carbocycles. The summed E-state index contributed by atoms with van der Waals surface area (Å²) in [5.74, 6) is -1.35. The zero-order chi connectivity index (χ0) is 17.3. The molecule has 2 heterocycles. The first-order chi connectivity index (χ1) is 10.6. The molecular weight excluding hydrogens is 348 g/mol. The Kier molecular flexibility index (Phi) is 4.80. The standard InChI is InChI=1S/C12H7F6N3OS/c13-11(14,15)8-4-19-9(1-6(8)5-22-23)7-2-20-10(21-3-7)12(16,17)18/h1-4,23H,5H2. The average molecular weight is 355 g/mol. The number of alkyl halides is 6. The quantitative estimate of drug-likeness (QED) is 0.515. The summed E-state index contributed by atoms with van der Waals surface area (Å²) < 4.78 is 80.0. The molecule has 0 aromatic carbocycles. The molecule has 4 nitrogen and oxygen atoms in total. The second-order valence-corrected chi connectivity index (χ2v) is 4.55. The SMILES string of the molecule is FC(F)(F)c1ncc(-c2cc(COS)c(C(F)(F)F)cn2)cn1. The molecule has 0 aliphatic heterocycles. The van der Waals surface area contributed by atoms with E-state index in [1.807, 2.05) is 0 Å². The normalized spacial score (nSPS) is 12.5. The first-order valence-corrected chi connectivity index (χ1v) is 6.21. The summed E-state index contributed by atoms with van der Waals surface area (Å²) in [6, 6.07) is 1.03. The Morgan fingerprint density at radius 1 is 0.913 bits per heavy atom. The molecule has 23 heavy (non-hydrogen) atoms. The topological polar surface area (TPSA) is 47.9 Å². The summed E-state index contributed by atoms with van der Waals surface area (Å²) in [6.45, 7) is -0.463. The van der Waals surface area contributed by atoms with E-state index >= 15 is 0 Å². The van der Waals surface area contributed by atoms with Crippen molar-refractivity contribution in [2.24, 2.45) is 0 Å². The molecule has 0 atom stereocenters. The van der Waals surface area contributed by atoms with Gasteiger partial charge in [-0.15, -0.1) is 0 Å². The highest BCUT2D eigenvalue weighted by Gasteiger charge is 2.35. The molecule has 0 aliphatic carbocycles. The van der Waals surface area contributed by atoms with E-state index in [0.29, 0.717) is 6.20 Å². The Labute approximate surface area is 131 Å². The van der Waals surface area contributed by atoms with Crippen LogP contribution in [0.3, 0.4) is 0 Å². The van der Waals surface area contributed by atoms with Gasteiger partial charge in [-0.3, -0.25) is 4.98 Å². The Balaban J connectivity index is 2.42. The molecule has 2 rings (SSSR count). The predicted octanol–water partition coefficient (Wildman–Crippen LogP) is 3.94. The molecule has 0 fully saturated rings. The molecule has 11 heteroatoms. The van der Waals surface area contributed by atoms with E-state index in [1.54, 1.807) is 0 Å². The van der Waals surface area contributed by atoms with Gasteiger partial charge in [-0.1, -0.05) is 0 Å². The Bertz CT molecular complexity index is 687. The second kappa shape index (κ2) is 6.32. The summed E-state index contributed by atoms with van der Waals surface area (Å²) >= 11 is 3.40. The van der Waals surface area contributed by atoms with Crippen LogP contribution in [0.5, 0.6) is 0 Å². The number of nitrogens with zero attached hydrogens (tertiary/aromatic N) is 3. The minimum atomic E-state index is -4.71. The molecule has 2 aromatic heterocycles. The van der Waals surface area contributed by atoms with E-state index < -0.39 is 30.3 Å². The lowest BCUT2D eigenvalue weighted by atomic mass is 10.1. The van der Waals surface area contributed by atoms with Crippen LogP contribution in [0.25, 0.3) is 11.3 Å². The largest absolute Gasteiger partial charge is 0.451 e. The third-order valence-corrected chi connectivity index (χ3v) is 2.85. The van der Waals surface area contributed by atoms with Crippen LogP contribution in [-0.4, -0.2) is 15.0 Å². The van der Waals surface area contributed by atoms with Crippen LogP contribution >= 0.6 is 12.9 Å². The molecule has 124 valence electrons. The average Bonchev–Trinajstić information content (AvgIpc) is 2.45. The van der Waals surface area contributed by atoms with Gasteiger partial charge in [0.25, 0.3) is 0 Å². The van der Waals surface area contributed by atoms with Gasteiger partial charge >= 0.3 is 12.4 Å². The van der Waals surface area contributed by atoms with Crippen molar-refractivity contribution in [2.45, 2.75) is 19.0 Å². The number of hydrogen-bond acceptors (Lipinski definition) is 5. The molecule has 2 aromatic rings. The molecule has 0 amide bonds. The van der Waals surface area contributed by atoms with Gasteiger partial charge in [-0.05, 0) is 24.5 Å². The lowest BCUT2D eigenvalue weighted by molar-refractivity contribution is -0.145. The fourth-order valence-electron chi connectivity index (χ4n) is 1.71. The molecule has 0 bridgehead atoms. The maximum atomic E-state index is 12.8. The van der Waals surface area contributed by atoms with Crippen LogP contribution in [0.1, 0.15) is 17.0 Å². The monoisotopic (exact) mass is 355 g/mol.